The van der Waals surface area contributed by atoms with E-state index >= 15 is 0 Å². The second kappa shape index (κ2) is 3.82. The number of carbonyl (C=O) groups is 1. The average molecular weight is 195 g/mol. The minimum Gasteiger partial charge on any atom is -0.310 e. The highest BCUT2D eigenvalue weighted by atomic mass is 16.2. The van der Waals surface area contributed by atoms with E-state index in [0.29, 0.717) is 5.82 Å². The quantitative estimate of drug-likeness (QED) is 0.757. The van der Waals surface area contributed by atoms with Crippen molar-refractivity contribution in [3.05, 3.63) is 11.8 Å². The molecule has 0 radical (unpaired) electrons. The Kier molecular flexibility index (Phi) is 2.93. The lowest BCUT2D eigenvalue weighted by Gasteiger charge is -2.17. The van der Waals surface area contributed by atoms with Crippen LogP contribution < -0.4 is 5.32 Å². The number of aromatic nitrogens is 2. The summed E-state index contributed by atoms with van der Waals surface area (Å²) in [6.07, 6.45) is 2.59. The first-order chi connectivity index (χ1) is 6.45. The Balaban J connectivity index is 2.74. The number of aromatic amines is 1. The Morgan fingerprint density at radius 3 is 2.71 bits per heavy atom. The van der Waals surface area contributed by atoms with Crippen LogP contribution in [0, 0.1) is 5.41 Å². The lowest BCUT2D eigenvalue weighted by Crippen LogP contribution is -2.28. The van der Waals surface area contributed by atoms with Gasteiger partial charge in [-0.3, -0.25) is 9.89 Å². The zero-order valence-corrected chi connectivity index (χ0v) is 9.14. The van der Waals surface area contributed by atoms with Crippen molar-refractivity contribution >= 4 is 11.7 Å². The minimum absolute atomic E-state index is 0.00329. The van der Waals surface area contributed by atoms with E-state index in [1.807, 2.05) is 27.7 Å². The summed E-state index contributed by atoms with van der Waals surface area (Å²) >= 11 is 0. The van der Waals surface area contributed by atoms with E-state index in [1.165, 1.54) is 0 Å². The van der Waals surface area contributed by atoms with E-state index < -0.39 is 0 Å². The minimum atomic E-state index is -0.379. The van der Waals surface area contributed by atoms with E-state index in [9.17, 15) is 4.79 Å². The number of anilines is 1. The van der Waals surface area contributed by atoms with Gasteiger partial charge < -0.3 is 5.32 Å². The summed E-state index contributed by atoms with van der Waals surface area (Å²) in [5.41, 5.74) is 0.651. The second-order valence-corrected chi connectivity index (χ2v) is 4.33. The molecule has 1 heterocycles. The fraction of sp³-hybridized carbons (Fsp3) is 0.600. The van der Waals surface area contributed by atoms with Crippen LogP contribution in [0.5, 0.6) is 0 Å². The van der Waals surface area contributed by atoms with Gasteiger partial charge in [0.2, 0.25) is 5.91 Å². The van der Waals surface area contributed by atoms with Gasteiger partial charge in [0.15, 0.2) is 0 Å². The molecule has 0 atom stereocenters. The molecule has 4 heteroatoms. The molecule has 0 aliphatic carbocycles. The second-order valence-electron chi connectivity index (χ2n) is 4.33. The molecule has 0 unspecified atom stereocenters. The van der Waals surface area contributed by atoms with Gasteiger partial charge in [-0.25, -0.2) is 0 Å². The molecule has 78 valence electrons. The number of hydrogen-bond acceptors (Lipinski definition) is 2. The summed E-state index contributed by atoms with van der Waals surface area (Å²) < 4.78 is 0. The van der Waals surface area contributed by atoms with Crippen LogP contribution in [0.15, 0.2) is 6.20 Å². The van der Waals surface area contributed by atoms with Crippen molar-refractivity contribution in [1.29, 1.82) is 0 Å². The van der Waals surface area contributed by atoms with E-state index in [4.69, 9.17) is 0 Å². The number of nitrogens with one attached hydrogen (secondary N) is 2. The summed E-state index contributed by atoms with van der Waals surface area (Å²) in [6, 6.07) is 0. The topological polar surface area (TPSA) is 57.8 Å². The summed E-state index contributed by atoms with van der Waals surface area (Å²) in [4.78, 5) is 11.6. The first kappa shape index (κ1) is 10.8. The first-order valence-corrected chi connectivity index (χ1v) is 4.79. The van der Waals surface area contributed by atoms with Gasteiger partial charge >= 0.3 is 0 Å². The number of H-pyrrole nitrogens is 1. The van der Waals surface area contributed by atoms with Crippen LogP contribution in [0.4, 0.5) is 5.82 Å². The predicted molar refractivity (Wildman–Crippen MR) is 56.1 cm³/mol. The van der Waals surface area contributed by atoms with Gasteiger partial charge in [-0.05, 0) is 6.42 Å². The SMILES string of the molecule is CCc1cn[nH]c1NC(=O)C(C)(C)C. The Hall–Kier alpha value is -1.32. The van der Waals surface area contributed by atoms with Gasteiger partial charge in [0, 0.05) is 11.0 Å². The Morgan fingerprint density at radius 2 is 2.21 bits per heavy atom. The Labute approximate surface area is 84.1 Å². The molecule has 0 saturated carbocycles. The zero-order valence-electron chi connectivity index (χ0n) is 9.14. The van der Waals surface area contributed by atoms with Crippen LogP contribution in [0.3, 0.4) is 0 Å². The molecule has 0 aliphatic heterocycles. The molecule has 0 aromatic carbocycles. The Morgan fingerprint density at radius 1 is 1.57 bits per heavy atom. The third-order valence-corrected chi connectivity index (χ3v) is 2.02. The van der Waals surface area contributed by atoms with Crippen LogP contribution in [-0.2, 0) is 11.2 Å². The summed E-state index contributed by atoms with van der Waals surface area (Å²) in [6.45, 7) is 7.66. The van der Waals surface area contributed by atoms with Crippen LogP contribution in [0.1, 0.15) is 33.3 Å². The Bertz CT molecular complexity index is 322. The normalized spacial score (nSPS) is 11.4. The van der Waals surface area contributed by atoms with Gasteiger partial charge in [-0.2, -0.15) is 5.10 Å². The predicted octanol–water partition coefficient (Wildman–Crippen LogP) is 1.96. The van der Waals surface area contributed by atoms with E-state index in [0.717, 1.165) is 12.0 Å². The monoisotopic (exact) mass is 195 g/mol. The largest absolute Gasteiger partial charge is 0.310 e. The third kappa shape index (κ3) is 2.34. The van der Waals surface area contributed by atoms with Crippen molar-refractivity contribution < 1.29 is 4.79 Å². The van der Waals surface area contributed by atoms with Crippen molar-refractivity contribution in [1.82, 2.24) is 10.2 Å². The number of amides is 1. The van der Waals surface area contributed by atoms with Gasteiger partial charge in [0.25, 0.3) is 0 Å². The van der Waals surface area contributed by atoms with E-state index in [1.54, 1.807) is 6.20 Å². The first-order valence-electron chi connectivity index (χ1n) is 4.79. The highest BCUT2D eigenvalue weighted by Crippen LogP contribution is 2.18. The molecular weight excluding hydrogens is 178 g/mol. The summed E-state index contributed by atoms with van der Waals surface area (Å²) in [5.74, 6) is 0.712. The molecule has 0 bridgehead atoms. The number of hydrogen-bond donors (Lipinski definition) is 2. The highest BCUT2D eigenvalue weighted by molar-refractivity contribution is 5.94. The molecule has 1 rings (SSSR count). The molecule has 0 spiro atoms. The molecule has 1 amide bonds. The van der Waals surface area contributed by atoms with E-state index in [-0.39, 0.29) is 11.3 Å². The molecule has 2 N–H and O–H groups in total. The zero-order chi connectivity index (χ0) is 10.8. The van der Waals surface area contributed by atoms with Crippen LogP contribution in [-0.4, -0.2) is 16.1 Å². The van der Waals surface area contributed by atoms with Crippen molar-refractivity contribution in [3.8, 4) is 0 Å². The number of aryl methyl sites for hydroxylation is 1. The molecule has 0 fully saturated rings. The van der Waals surface area contributed by atoms with Crippen molar-refractivity contribution in [3.63, 3.8) is 0 Å². The molecule has 4 nitrogen and oxygen atoms in total. The lowest BCUT2D eigenvalue weighted by atomic mass is 9.96. The molecular formula is C10H17N3O. The average Bonchev–Trinajstić information content (AvgIpc) is 2.50. The summed E-state index contributed by atoms with van der Waals surface area (Å²) in [5, 5.41) is 9.49. The lowest BCUT2D eigenvalue weighted by molar-refractivity contribution is -0.123. The fourth-order valence-corrected chi connectivity index (χ4v) is 0.988. The van der Waals surface area contributed by atoms with E-state index in [2.05, 4.69) is 15.5 Å². The highest BCUT2D eigenvalue weighted by Gasteiger charge is 2.22. The summed E-state index contributed by atoms with van der Waals surface area (Å²) in [7, 11) is 0. The maximum Gasteiger partial charge on any atom is 0.230 e. The van der Waals surface area contributed by atoms with Crippen molar-refractivity contribution in [2.45, 2.75) is 34.1 Å². The number of nitrogens with zero attached hydrogens (tertiary/aromatic N) is 1. The van der Waals surface area contributed by atoms with Gasteiger partial charge in [0.1, 0.15) is 5.82 Å². The molecule has 14 heavy (non-hydrogen) atoms. The molecule has 1 aromatic rings. The van der Waals surface area contributed by atoms with Gasteiger partial charge in [-0.1, -0.05) is 27.7 Å². The van der Waals surface area contributed by atoms with Crippen molar-refractivity contribution in [2.24, 2.45) is 5.41 Å². The van der Waals surface area contributed by atoms with Crippen LogP contribution >= 0.6 is 0 Å². The molecule has 1 aromatic heterocycles. The number of carbonyl (C=O) groups excluding carboxylic acids is 1. The standard InChI is InChI=1S/C10H17N3O/c1-5-7-6-11-13-8(7)12-9(14)10(2,3)4/h6H,5H2,1-4H3,(H2,11,12,13,14). The van der Waals surface area contributed by atoms with Gasteiger partial charge in [-0.15, -0.1) is 0 Å². The molecule has 0 aliphatic rings. The molecule has 0 saturated heterocycles. The van der Waals surface area contributed by atoms with Crippen LogP contribution in [0.25, 0.3) is 0 Å². The van der Waals surface area contributed by atoms with Gasteiger partial charge in [0.05, 0.1) is 6.20 Å². The van der Waals surface area contributed by atoms with Crippen molar-refractivity contribution in [2.75, 3.05) is 5.32 Å². The third-order valence-electron chi connectivity index (χ3n) is 2.02. The maximum absolute atomic E-state index is 11.6. The number of rotatable bonds is 2. The fourth-order valence-electron chi connectivity index (χ4n) is 0.988. The smallest absolute Gasteiger partial charge is 0.230 e. The van der Waals surface area contributed by atoms with Crippen LogP contribution in [0.2, 0.25) is 0 Å². The maximum atomic E-state index is 11.6.